The summed E-state index contributed by atoms with van der Waals surface area (Å²) in [7, 11) is 0. The Labute approximate surface area is 37.7 Å². The molecule has 3 nitrogen and oxygen atoms in total. The first-order valence-corrected chi connectivity index (χ1v) is 2.10. The third-order valence-corrected chi connectivity index (χ3v) is 0.341. The van der Waals surface area contributed by atoms with Crippen LogP contribution in [0.2, 0.25) is 0 Å². The van der Waals surface area contributed by atoms with Gasteiger partial charge in [-0.1, -0.05) is 21.0 Å². The average Bonchev–Trinajstić information content (AvgIpc) is 1.41. The molecule has 0 aromatic rings. The molecule has 0 aliphatic carbocycles. The van der Waals surface area contributed by atoms with Crippen LogP contribution in [-0.2, 0) is 0 Å². The predicted octanol–water partition coefficient (Wildman–Crippen LogP) is 1.65. The van der Waals surface area contributed by atoms with Crippen LogP contribution in [0.1, 0.15) is 0 Å². The predicted molar refractivity (Wildman–Crippen MR) is 22.9 cm³/mol. The SMILES string of the molecule is [N-]=[N+]=NCBr. The molecule has 0 amide bonds. The van der Waals surface area contributed by atoms with Crippen LogP contribution in [0.5, 0.6) is 0 Å². The first kappa shape index (κ1) is 4.79. The van der Waals surface area contributed by atoms with E-state index in [9.17, 15) is 0 Å². The lowest BCUT2D eigenvalue weighted by Gasteiger charge is -1.55. The van der Waals surface area contributed by atoms with Gasteiger partial charge in [0.05, 0.1) is 5.45 Å². The summed E-state index contributed by atoms with van der Waals surface area (Å²) < 4.78 is 0. The molecule has 0 aromatic carbocycles. The van der Waals surface area contributed by atoms with E-state index >= 15 is 0 Å². The molecule has 0 rings (SSSR count). The van der Waals surface area contributed by atoms with Gasteiger partial charge in [-0.15, -0.1) is 0 Å². The van der Waals surface area contributed by atoms with Crippen molar-refractivity contribution in [1.82, 2.24) is 0 Å². The van der Waals surface area contributed by atoms with Crippen molar-refractivity contribution in [2.24, 2.45) is 5.11 Å². The lowest BCUT2D eigenvalue weighted by molar-refractivity contribution is 1.35. The Morgan fingerprint density at radius 2 is 2.60 bits per heavy atom. The molecule has 0 saturated carbocycles. The molecule has 0 radical (unpaired) electrons. The number of alkyl halides is 1. The van der Waals surface area contributed by atoms with Crippen molar-refractivity contribution >= 4 is 15.9 Å². The monoisotopic (exact) mass is 135 g/mol. The molecule has 0 aliphatic heterocycles. The second-order valence-electron chi connectivity index (χ2n) is 0.350. The summed E-state index contributed by atoms with van der Waals surface area (Å²) in [6, 6.07) is 0. The van der Waals surface area contributed by atoms with Crippen LogP contribution in [0.15, 0.2) is 5.11 Å². The minimum Gasteiger partial charge on any atom is -0.0867 e. The van der Waals surface area contributed by atoms with Crippen LogP contribution in [0.4, 0.5) is 0 Å². The number of hydrogen-bond donors (Lipinski definition) is 0. The maximum atomic E-state index is 7.49. The van der Waals surface area contributed by atoms with Crippen molar-refractivity contribution in [3.8, 4) is 0 Å². The molecule has 28 valence electrons. The number of halogens is 1. The minimum atomic E-state index is 0.365. The van der Waals surface area contributed by atoms with E-state index in [0.717, 1.165) is 0 Å². The van der Waals surface area contributed by atoms with E-state index in [1.54, 1.807) is 0 Å². The summed E-state index contributed by atoms with van der Waals surface area (Å²) in [6.07, 6.45) is 0. The van der Waals surface area contributed by atoms with Gasteiger partial charge in [0.25, 0.3) is 0 Å². The Kier molecular flexibility index (Phi) is 3.63. The Hall–Kier alpha value is -0.210. The van der Waals surface area contributed by atoms with Crippen LogP contribution in [0.3, 0.4) is 0 Å². The van der Waals surface area contributed by atoms with E-state index in [2.05, 4.69) is 26.0 Å². The maximum absolute atomic E-state index is 7.49. The molecule has 0 atom stereocenters. The molecule has 0 aromatic heterocycles. The summed E-state index contributed by atoms with van der Waals surface area (Å²) >= 11 is 2.89. The smallest absolute Gasteiger partial charge is 0.0819 e. The lowest BCUT2D eigenvalue weighted by Crippen LogP contribution is -1.43. The van der Waals surface area contributed by atoms with Gasteiger partial charge in [0.1, 0.15) is 0 Å². The fourth-order valence-electron chi connectivity index (χ4n) is 0.0239. The molecule has 0 aliphatic rings. The summed E-state index contributed by atoms with van der Waals surface area (Å²) in [5, 5.41) is 3.07. The fraction of sp³-hybridized carbons (Fsp3) is 1.00. The Bertz CT molecular complexity index is 53.9. The van der Waals surface area contributed by atoms with Gasteiger partial charge in [0.2, 0.25) is 0 Å². The van der Waals surface area contributed by atoms with Gasteiger partial charge in [-0.25, -0.2) is 0 Å². The van der Waals surface area contributed by atoms with Crippen molar-refractivity contribution in [3.63, 3.8) is 0 Å². The Balaban J connectivity index is 2.93. The fourth-order valence-corrected chi connectivity index (χ4v) is 0.124. The Morgan fingerprint density at radius 3 is 2.60 bits per heavy atom. The van der Waals surface area contributed by atoms with Crippen LogP contribution >= 0.6 is 15.9 Å². The quantitative estimate of drug-likeness (QED) is 0.173. The van der Waals surface area contributed by atoms with E-state index in [4.69, 9.17) is 5.53 Å². The van der Waals surface area contributed by atoms with Crippen molar-refractivity contribution < 1.29 is 0 Å². The number of azide groups is 1. The normalized spacial score (nSPS) is 5.80. The molecule has 0 bridgehead atoms. The van der Waals surface area contributed by atoms with E-state index < -0.39 is 0 Å². The molecule has 0 fully saturated rings. The highest BCUT2D eigenvalue weighted by molar-refractivity contribution is 9.09. The highest BCUT2D eigenvalue weighted by atomic mass is 79.9. The maximum Gasteiger partial charge on any atom is 0.0819 e. The molecule has 4 heteroatoms. The third-order valence-electron chi connectivity index (χ3n) is 0.117. The summed E-state index contributed by atoms with van der Waals surface area (Å²) in [5.74, 6) is 0. The lowest BCUT2D eigenvalue weighted by atomic mass is 11.5. The minimum absolute atomic E-state index is 0.365. The van der Waals surface area contributed by atoms with E-state index in [1.807, 2.05) is 0 Å². The van der Waals surface area contributed by atoms with Gasteiger partial charge < -0.3 is 0 Å². The number of rotatable bonds is 1. The molecule has 0 unspecified atom stereocenters. The molecule has 0 heterocycles. The van der Waals surface area contributed by atoms with Gasteiger partial charge in [0.15, 0.2) is 0 Å². The average molecular weight is 136 g/mol. The first-order valence-electron chi connectivity index (χ1n) is 0.983. The van der Waals surface area contributed by atoms with Crippen LogP contribution in [-0.4, -0.2) is 5.45 Å². The number of nitrogens with zero attached hydrogens (tertiary/aromatic N) is 3. The molecule has 0 saturated heterocycles. The zero-order valence-corrected chi connectivity index (χ0v) is 4.01. The van der Waals surface area contributed by atoms with Gasteiger partial charge in [-0.2, -0.15) is 0 Å². The van der Waals surface area contributed by atoms with Gasteiger partial charge >= 0.3 is 0 Å². The summed E-state index contributed by atoms with van der Waals surface area (Å²) in [4.78, 5) is 2.43. The van der Waals surface area contributed by atoms with Crippen LogP contribution in [0.25, 0.3) is 10.4 Å². The largest absolute Gasteiger partial charge is 0.0867 e. The van der Waals surface area contributed by atoms with Gasteiger partial charge in [-0.3, -0.25) is 0 Å². The highest BCUT2D eigenvalue weighted by Gasteiger charge is 1.53. The second-order valence-corrected chi connectivity index (χ2v) is 0.852. The topological polar surface area (TPSA) is 48.8 Å². The zero-order chi connectivity index (χ0) is 4.12. The first-order chi connectivity index (χ1) is 2.41. The summed E-state index contributed by atoms with van der Waals surface area (Å²) in [6.45, 7) is 0. The highest BCUT2D eigenvalue weighted by Crippen LogP contribution is 1.77. The van der Waals surface area contributed by atoms with E-state index in [1.165, 1.54) is 0 Å². The molecular weight excluding hydrogens is 134 g/mol. The van der Waals surface area contributed by atoms with Crippen molar-refractivity contribution in [1.29, 1.82) is 0 Å². The molecular formula is CH2BrN3. The third kappa shape index (κ3) is 3.79. The van der Waals surface area contributed by atoms with E-state index in [0.29, 0.717) is 5.45 Å². The van der Waals surface area contributed by atoms with Gasteiger partial charge in [-0.05, 0) is 5.53 Å². The van der Waals surface area contributed by atoms with Crippen molar-refractivity contribution in [2.75, 3.05) is 5.45 Å². The van der Waals surface area contributed by atoms with Crippen LogP contribution < -0.4 is 0 Å². The van der Waals surface area contributed by atoms with Gasteiger partial charge in [0, 0.05) is 4.91 Å². The van der Waals surface area contributed by atoms with E-state index in [-0.39, 0.29) is 0 Å². The second kappa shape index (κ2) is 3.79. The van der Waals surface area contributed by atoms with Crippen LogP contribution in [0, 0.1) is 0 Å². The molecule has 0 N–H and O–H groups in total. The summed E-state index contributed by atoms with van der Waals surface area (Å²) in [5.41, 5.74) is 7.86. The number of hydrogen-bond acceptors (Lipinski definition) is 1. The van der Waals surface area contributed by atoms with Crippen molar-refractivity contribution in [2.45, 2.75) is 0 Å². The standard InChI is InChI=1S/CH2BrN3/c2-1-4-5-3/h1H2. The zero-order valence-electron chi connectivity index (χ0n) is 2.43. The van der Waals surface area contributed by atoms with Crippen molar-refractivity contribution in [3.05, 3.63) is 10.4 Å². The Morgan fingerprint density at radius 1 is 2.00 bits per heavy atom. The molecule has 0 spiro atoms. The molecule has 5 heavy (non-hydrogen) atoms.